The number of allylic oxidation sites excluding steroid dienone is 1. The van der Waals surface area contributed by atoms with Crippen LogP contribution in [-0.4, -0.2) is 18.0 Å². The van der Waals surface area contributed by atoms with Crippen LogP contribution in [0.25, 0.3) is 0 Å². The van der Waals surface area contributed by atoms with Crippen LogP contribution in [0.4, 0.5) is 0 Å². The number of fused-ring (bicyclic) bond motifs is 2. The van der Waals surface area contributed by atoms with E-state index in [9.17, 15) is 4.79 Å². The lowest BCUT2D eigenvalue weighted by molar-refractivity contribution is -0.115. The Bertz CT molecular complexity index is 292. The van der Waals surface area contributed by atoms with Gasteiger partial charge in [-0.2, -0.15) is 0 Å². The Morgan fingerprint density at radius 1 is 1.29 bits per heavy atom. The van der Waals surface area contributed by atoms with Gasteiger partial charge in [-0.25, -0.2) is 0 Å². The highest BCUT2D eigenvalue weighted by Gasteiger charge is 2.48. The molecule has 2 nitrogen and oxygen atoms in total. The summed E-state index contributed by atoms with van der Waals surface area (Å²) < 4.78 is 5.98. The molecule has 0 aromatic rings. The third-order valence-corrected chi connectivity index (χ3v) is 3.95. The number of ketones is 1. The van der Waals surface area contributed by atoms with Gasteiger partial charge >= 0.3 is 0 Å². The van der Waals surface area contributed by atoms with Gasteiger partial charge in [-0.15, -0.1) is 0 Å². The molecule has 0 radical (unpaired) electrons. The highest BCUT2D eigenvalue weighted by Crippen LogP contribution is 2.48. The van der Waals surface area contributed by atoms with E-state index in [1.807, 2.05) is 6.08 Å². The largest absolute Gasteiger partial charge is 0.370 e. The van der Waals surface area contributed by atoms with Crippen LogP contribution in [0.3, 0.4) is 0 Å². The van der Waals surface area contributed by atoms with Gasteiger partial charge in [-0.1, -0.05) is 19.3 Å². The summed E-state index contributed by atoms with van der Waals surface area (Å²) in [4.78, 5) is 11.4. The number of carbonyl (C=O) groups is 1. The Hall–Kier alpha value is -0.630. The summed E-state index contributed by atoms with van der Waals surface area (Å²) in [6.45, 7) is 0.789. The molecule has 2 aliphatic carbocycles. The molecule has 1 heterocycles. The molecule has 1 saturated carbocycles. The maximum Gasteiger partial charge on any atom is 0.156 e. The van der Waals surface area contributed by atoms with E-state index in [0.717, 1.165) is 19.4 Å². The fourth-order valence-electron chi connectivity index (χ4n) is 3.25. The van der Waals surface area contributed by atoms with Gasteiger partial charge in [0, 0.05) is 12.3 Å². The molecule has 0 amide bonds. The van der Waals surface area contributed by atoms with Crippen molar-refractivity contribution in [1.82, 2.24) is 0 Å². The fourth-order valence-corrected chi connectivity index (χ4v) is 3.25. The van der Waals surface area contributed by atoms with Gasteiger partial charge in [-0.3, -0.25) is 4.79 Å². The molecular formula is C12H16O2. The normalized spacial score (nSPS) is 34.7. The number of ether oxygens (including phenoxy) is 1. The lowest BCUT2D eigenvalue weighted by Crippen LogP contribution is -2.32. The van der Waals surface area contributed by atoms with Gasteiger partial charge in [-0.05, 0) is 24.5 Å². The lowest BCUT2D eigenvalue weighted by Gasteiger charge is -2.33. The Morgan fingerprint density at radius 3 is 2.86 bits per heavy atom. The van der Waals surface area contributed by atoms with Crippen molar-refractivity contribution in [3.8, 4) is 0 Å². The third-order valence-electron chi connectivity index (χ3n) is 3.95. The molecule has 3 rings (SSSR count). The van der Waals surface area contributed by atoms with Crippen LogP contribution in [0.1, 0.15) is 38.5 Å². The van der Waals surface area contributed by atoms with Crippen LogP contribution in [0.15, 0.2) is 11.6 Å². The molecule has 1 spiro atoms. The second kappa shape index (κ2) is 2.93. The molecule has 1 atom stereocenters. The van der Waals surface area contributed by atoms with Gasteiger partial charge in [0.15, 0.2) is 5.78 Å². The molecule has 0 aromatic heterocycles. The average Bonchev–Trinajstić information content (AvgIpc) is 2.70. The average molecular weight is 192 g/mol. The molecule has 0 bridgehead atoms. The zero-order valence-corrected chi connectivity index (χ0v) is 8.42. The second-order valence-corrected chi connectivity index (χ2v) is 4.83. The summed E-state index contributed by atoms with van der Waals surface area (Å²) in [5, 5.41) is 0. The summed E-state index contributed by atoms with van der Waals surface area (Å²) in [6.07, 6.45) is 8.72. The van der Waals surface area contributed by atoms with Gasteiger partial charge in [0.2, 0.25) is 0 Å². The summed E-state index contributed by atoms with van der Waals surface area (Å²) in [5.41, 5.74) is 1.33. The Kier molecular flexibility index (Phi) is 1.81. The second-order valence-electron chi connectivity index (χ2n) is 4.83. The van der Waals surface area contributed by atoms with E-state index in [2.05, 4.69) is 0 Å². The number of carbonyl (C=O) groups excluding carboxylic acids is 1. The number of hydrogen-bond donors (Lipinski definition) is 0. The maximum absolute atomic E-state index is 11.4. The highest BCUT2D eigenvalue weighted by molar-refractivity contribution is 5.94. The van der Waals surface area contributed by atoms with Crippen molar-refractivity contribution in [3.63, 3.8) is 0 Å². The van der Waals surface area contributed by atoms with E-state index < -0.39 is 0 Å². The Morgan fingerprint density at radius 2 is 2.07 bits per heavy atom. The minimum atomic E-state index is -0.00488. The van der Waals surface area contributed by atoms with Gasteiger partial charge in [0.25, 0.3) is 0 Å². The van der Waals surface area contributed by atoms with Crippen molar-refractivity contribution < 1.29 is 9.53 Å². The van der Waals surface area contributed by atoms with E-state index >= 15 is 0 Å². The Balaban J connectivity index is 1.93. The maximum atomic E-state index is 11.4. The molecule has 0 aromatic carbocycles. The van der Waals surface area contributed by atoms with Crippen LogP contribution in [-0.2, 0) is 9.53 Å². The fraction of sp³-hybridized carbons (Fsp3) is 0.750. The highest BCUT2D eigenvalue weighted by atomic mass is 16.5. The van der Waals surface area contributed by atoms with Crippen LogP contribution in [0, 0.1) is 5.92 Å². The van der Waals surface area contributed by atoms with Crippen LogP contribution >= 0.6 is 0 Å². The number of hydrogen-bond acceptors (Lipinski definition) is 2. The van der Waals surface area contributed by atoms with Crippen LogP contribution in [0.2, 0.25) is 0 Å². The molecule has 1 saturated heterocycles. The summed E-state index contributed by atoms with van der Waals surface area (Å²) >= 11 is 0. The van der Waals surface area contributed by atoms with Gasteiger partial charge < -0.3 is 4.74 Å². The molecule has 1 unspecified atom stereocenters. The van der Waals surface area contributed by atoms with Crippen molar-refractivity contribution in [2.24, 2.45) is 5.92 Å². The van der Waals surface area contributed by atoms with Crippen molar-refractivity contribution >= 4 is 5.78 Å². The molecule has 2 heteroatoms. The van der Waals surface area contributed by atoms with Crippen molar-refractivity contribution in [2.45, 2.75) is 44.1 Å². The van der Waals surface area contributed by atoms with Crippen molar-refractivity contribution in [1.29, 1.82) is 0 Å². The van der Waals surface area contributed by atoms with Crippen LogP contribution in [0.5, 0.6) is 0 Å². The predicted molar refractivity (Wildman–Crippen MR) is 53.0 cm³/mol. The van der Waals surface area contributed by atoms with E-state index in [0.29, 0.717) is 18.1 Å². The minimum Gasteiger partial charge on any atom is -0.370 e. The van der Waals surface area contributed by atoms with Gasteiger partial charge in [0.05, 0.1) is 12.2 Å². The molecule has 2 fully saturated rings. The molecular weight excluding hydrogens is 176 g/mol. The molecule has 14 heavy (non-hydrogen) atoms. The number of rotatable bonds is 0. The van der Waals surface area contributed by atoms with Crippen LogP contribution < -0.4 is 0 Å². The molecule has 76 valence electrons. The smallest absolute Gasteiger partial charge is 0.156 e. The summed E-state index contributed by atoms with van der Waals surface area (Å²) in [6, 6.07) is 0. The quantitative estimate of drug-likeness (QED) is 0.588. The summed E-state index contributed by atoms with van der Waals surface area (Å²) in [5.74, 6) is 0.749. The lowest BCUT2D eigenvalue weighted by atomic mass is 9.78. The monoisotopic (exact) mass is 192 g/mol. The molecule has 1 aliphatic heterocycles. The standard InChI is InChI=1S/C12H16O2/c13-10-6-9-8-14-12(11(9)7-10)4-2-1-3-5-12/h7,9H,1-6,8H2. The minimum absolute atomic E-state index is 0.00488. The van der Waals surface area contributed by atoms with Gasteiger partial charge in [0.1, 0.15) is 0 Å². The Labute approximate surface area is 84.3 Å². The van der Waals surface area contributed by atoms with E-state index in [1.54, 1.807) is 0 Å². The van der Waals surface area contributed by atoms with E-state index in [4.69, 9.17) is 4.74 Å². The molecule has 0 N–H and O–H groups in total. The first-order valence-corrected chi connectivity index (χ1v) is 5.69. The van der Waals surface area contributed by atoms with E-state index in [1.165, 1.54) is 24.8 Å². The first-order valence-electron chi connectivity index (χ1n) is 5.69. The summed E-state index contributed by atoms with van der Waals surface area (Å²) in [7, 11) is 0. The van der Waals surface area contributed by atoms with E-state index in [-0.39, 0.29) is 5.60 Å². The topological polar surface area (TPSA) is 26.3 Å². The van der Waals surface area contributed by atoms with Crippen molar-refractivity contribution in [2.75, 3.05) is 6.61 Å². The third kappa shape index (κ3) is 1.10. The zero-order chi connectivity index (χ0) is 9.60. The first kappa shape index (κ1) is 8.66. The van der Waals surface area contributed by atoms with Crippen molar-refractivity contribution in [3.05, 3.63) is 11.6 Å². The zero-order valence-electron chi connectivity index (χ0n) is 8.42. The SMILES string of the molecule is O=C1C=C2C(COC23CCCCC3)C1. The predicted octanol–water partition coefficient (Wildman–Crippen LogP) is 2.23. The first-order chi connectivity index (χ1) is 6.80. The molecule has 3 aliphatic rings.